The number of hydrogen-bond donors (Lipinski definition) is 1. The lowest BCUT2D eigenvalue weighted by Gasteiger charge is -2.33. The normalized spacial score (nSPS) is 16.3. The molecule has 2 aromatic rings. The van der Waals surface area contributed by atoms with Gasteiger partial charge in [-0.25, -0.2) is 0 Å². The Balaban J connectivity index is 1.55. The summed E-state index contributed by atoms with van der Waals surface area (Å²) in [5.41, 5.74) is 9.36. The first-order valence-electron chi connectivity index (χ1n) is 7.46. The third-order valence-electron chi connectivity index (χ3n) is 4.24. The molecular formula is C18H22N2. The molecular weight excluding hydrogens is 244 g/mol. The summed E-state index contributed by atoms with van der Waals surface area (Å²) in [5.74, 6) is 0.822. The molecule has 1 fully saturated rings. The van der Waals surface area contributed by atoms with Crippen LogP contribution in [0.2, 0.25) is 0 Å². The largest absolute Gasteiger partial charge is 0.399 e. The van der Waals surface area contributed by atoms with E-state index in [-0.39, 0.29) is 0 Å². The van der Waals surface area contributed by atoms with Crippen molar-refractivity contribution in [1.29, 1.82) is 0 Å². The van der Waals surface area contributed by atoms with Gasteiger partial charge in [0.15, 0.2) is 0 Å². The van der Waals surface area contributed by atoms with Crippen LogP contribution in [0, 0.1) is 5.92 Å². The van der Waals surface area contributed by atoms with Gasteiger partial charge in [-0.15, -0.1) is 0 Å². The molecule has 0 aromatic heterocycles. The smallest absolute Gasteiger partial charge is 0.0367 e. The highest BCUT2D eigenvalue weighted by Crippen LogP contribution is 2.26. The van der Waals surface area contributed by atoms with Crippen molar-refractivity contribution in [2.24, 2.45) is 5.92 Å². The van der Waals surface area contributed by atoms with E-state index in [1.165, 1.54) is 30.5 Å². The molecule has 1 aliphatic rings. The molecule has 0 bridgehead atoms. The maximum atomic E-state index is 5.75. The van der Waals surface area contributed by atoms with Gasteiger partial charge >= 0.3 is 0 Å². The minimum absolute atomic E-state index is 0.822. The fraction of sp³-hybridized carbons (Fsp3) is 0.333. The molecule has 104 valence electrons. The van der Waals surface area contributed by atoms with Crippen molar-refractivity contribution in [3.63, 3.8) is 0 Å². The van der Waals surface area contributed by atoms with E-state index in [4.69, 9.17) is 5.73 Å². The van der Waals surface area contributed by atoms with Gasteiger partial charge in [0.25, 0.3) is 0 Å². The molecule has 2 heteroatoms. The minimum Gasteiger partial charge on any atom is -0.399 e. The van der Waals surface area contributed by atoms with E-state index < -0.39 is 0 Å². The van der Waals surface area contributed by atoms with Gasteiger partial charge < -0.3 is 10.6 Å². The SMILES string of the molecule is Nc1ccc(N2CCC(Cc3ccccc3)CC2)cc1. The van der Waals surface area contributed by atoms with Gasteiger partial charge in [0.05, 0.1) is 0 Å². The summed E-state index contributed by atoms with van der Waals surface area (Å²) in [6.07, 6.45) is 3.77. The van der Waals surface area contributed by atoms with Crippen molar-refractivity contribution in [2.45, 2.75) is 19.3 Å². The summed E-state index contributed by atoms with van der Waals surface area (Å²) in [6.45, 7) is 2.31. The zero-order chi connectivity index (χ0) is 13.8. The van der Waals surface area contributed by atoms with E-state index in [1.54, 1.807) is 0 Å². The quantitative estimate of drug-likeness (QED) is 0.858. The third kappa shape index (κ3) is 3.13. The van der Waals surface area contributed by atoms with E-state index in [0.29, 0.717) is 0 Å². The lowest BCUT2D eigenvalue weighted by Crippen LogP contribution is -2.34. The number of piperidine rings is 1. The van der Waals surface area contributed by atoms with Crippen molar-refractivity contribution < 1.29 is 0 Å². The summed E-state index contributed by atoms with van der Waals surface area (Å²) in [5, 5.41) is 0. The number of nitrogens with zero attached hydrogens (tertiary/aromatic N) is 1. The second-order valence-corrected chi connectivity index (χ2v) is 5.71. The zero-order valence-electron chi connectivity index (χ0n) is 11.8. The van der Waals surface area contributed by atoms with Gasteiger partial charge in [-0.3, -0.25) is 0 Å². The highest BCUT2D eigenvalue weighted by Gasteiger charge is 2.19. The summed E-state index contributed by atoms with van der Waals surface area (Å²) >= 11 is 0. The molecule has 2 aromatic carbocycles. The zero-order valence-corrected chi connectivity index (χ0v) is 11.8. The second kappa shape index (κ2) is 6.00. The van der Waals surface area contributed by atoms with Crippen molar-refractivity contribution in [1.82, 2.24) is 0 Å². The average Bonchev–Trinajstić information content (AvgIpc) is 2.50. The van der Waals surface area contributed by atoms with Crippen LogP contribution in [0.15, 0.2) is 54.6 Å². The lowest BCUT2D eigenvalue weighted by molar-refractivity contribution is 0.404. The molecule has 0 amide bonds. The Labute approximate surface area is 121 Å². The van der Waals surface area contributed by atoms with Crippen LogP contribution in [-0.4, -0.2) is 13.1 Å². The standard InChI is InChI=1S/C18H22N2/c19-17-6-8-18(9-7-17)20-12-10-16(11-13-20)14-15-4-2-1-3-5-15/h1-9,16H,10-14,19H2. The van der Waals surface area contributed by atoms with E-state index in [1.807, 2.05) is 12.1 Å². The molecule has 0 spiro atoms. The fourth-order valence-electron chi connectivity index (χ4n) is 3.03. The van der Waals surface area contributed by atoms with E-state index >= 15 is 0 Å². The van der Waals surface area contributed by atoms with Crippen LogP contribution in [0.5, 0.6) is 0 Å². The number of nitrogen functional groups attached to an aromatic ring is 1. The average molecular weight is 266 g/mol. The molecule has 0 unspecified atom stereocenters. The van der Waals surface area contributed by atoms with E-state index in [9.17, 15) is 0 Å². The maximum Gasteiger partial charge on any atom is 0.0367 e. The van der Waals surface area contributed by atoms with Crippen LogP contribution in [0.3, 0.4) is 0 Å². The summed E-state index contributed by atoms with van der Waals surface area (Å²) in [6, 6.07) is 19.1. The van der Waals surface area contributed by atoms with Crippen LogP contribution in [0.4, 0.5) is 11.4 Å². The monoisotopic (exact) mass is 266 g/mol. The number of hydrogen-bond acceptors (Lipinski definition) is 2. The molecule has 20 heavy (non-hydrogen) atoms. The summed E-state index contributed by atoms with van der Waals surface area (Å²) in [4.78, 5) is 2.47. The Morgan fingerprint density at radius 2 is 1.55 bits per heavy atom. The second-order valence-electron chi connectivity index (χ2n) is 5.71. The molecule has 1 saturated heterocycles. The summed E-state index contributed by atoms with van der Waals surface area (Å²) < 4.78 is 0. The molecule has 0 saturated carbocycles. The number of rotatable bonds is 3. The highest BCUT2D eigenvalue weighted by molar-refractivity contribution is 5.53. The van der Waals surface area contributed by atoms with Crippen LogP contribution in [0.1, 0.15) is 18.4 Å². The predicted octanol–water partition coefficient (Wildman–Crippen LogP) is 3.73. The van der Waals surface area contributed by atoms with Crippen molar-refractivity contribution in [3.8, 4) is 0 Å². The number of nitrogens with two attached hydrogens (primary N) is 1. The first-order chi connectivity index (χ1) is 9.81. The molecule has 0 radical (unpaired) electrons. The van der Waals surface area contributed by atoms with Crippen molar-refractivity contribution >= 4 is 11.4 Å². The van der Waals surface area contributed by atoms with E-state index in [2.05, 4.69) is 47.4 Å². The number of anilines is 2. The Hall–Kier alpha value is -1.96. The Bertz CT molecular complexity index is 525. The maximum absolute atomic E-state index is 5.75. The minimum atomic E-state index is 0.822. The Morgan fingerprint density at radius 3 is 2.20 bits per heavy atom. The predicted molar refractivity (Wildman–Crippen MR) is 85.9 cm³/mol. The Kier molecular flexibility index (Phi) is 3.91. The molecule has 0 aliphatic carbocycles. The van der Waals surface area contributed by atoms with E-state index in [0.717, 1.165) is 24.7 Å². The highest BCUT2D eigenvalue weighted by atomic mass is 15.1. The topological polar surface area (TPSA) is 29.3 Å². The van der Waals surface area contributed by atoms with Gasteiger partial charge in [-0.1, -0.05) is 30.3 Å². The van der Waals surface area contributed by atoms with Crippen LogP contribution in [-0.2, 0) is 6.42 Å². The van der Waals surface area contributed by atoms with Gasteiger partial charge in [0.1, 0.15) is 0 Å². The first kappa shape index (κ1) is 13.0. The van der Waals surface area contributed by atoms with Crippen LogP contribution >= 0.6 is 0 Å². The summed E-state index contributed by atoms with van der Waals surface area (Å²) in [7, 11) is 0. The molecule has 2 N–H and O–H groups in total. The van der Waals surface area contributed by atoms with Gasteiger partial charge in [-0.05, 0) is 55.0 Å². The fourth-order valence-corrected chi connectivity index (χ4v) is 3.03. The molecule has 0 atom stereocenters. The number of benzene rings is 2. The van der Waals surface area contributed by atoms with Gasteiger partial charge in [-0.2, -0.15) is 0 Å². The Morgan fingerprint density at radius 1 is 0.900 bits per heavy atom. The van der Waals surface area contributed by atoms with Crippen molar-refractivity contribution in [3.05, 3.63) is 60.2 Å². The van der Waals surface area contributed by atoms with Gasteiger partial charge in [0, 0.05) is 24.5 Å². The third-order valence-corrected chi connectivity index (χ3v) is 4.24. The molecule has 3 rings (SSSR count). The molecule has 1 aliphatic heterocycles. The van der Waals surface area contributed by atoms with Crippen LogP contribution < -0.4 is 10.6 Å². The molecule has 2 nitrogen and oxygen atoms in total. The van der Waals surface area contributed by atoms with Crippen LogP contribution in [0.25, 0.3) is 0 Å². The van der Waals surface area contributed by atoms with Gasteiger partial charge in [0.2, 0.25) is 0 Å². The lowest BCUT2D eigenvalue weighted by atomic mass is 9.90. The molecule has 1 heterocycles. The van der Waals surface area contributed by atoms with Crippen molar-refractivity contribution in [2.75, 3.05) is 23.7 Å². The first-order valence-corrected chi connectivity index (χ1v) is 7.46.